The molecule has 2 heterocycles. The van der Waals surface area contributed by atoms with Gasteiger partial charge in [0, 0.05) is 32.7 Å². The molecule has 0 spiro atoms. The van der Waals surface area contributed by atoms with Crippen molar-refractivity contribution in [2.75, 3.05) is 26.2 Å². The number of benzene rings is 1. The molecule has 0 radical (unpaired) electrons. The van der Waals surface area contributed by atoms with E-state index in [1.165, 1.54) is 15.6 Å². The van der Waals surface area contributed by atoms with E-state index in [0.717, 1.165) is 38.9 Å². The van der Waals surface area contributed by atoms with E-state index < -0.39 is 6.03 Å². The van der Waals surface area contributed by atoms with Crippen LogP contribution in [-0.4, -0.2) is 59.2 Å². The van der Waals surface area contributed by atoms with Crippen molar-refractivity contribution in [1.82, 2.24) is 20.2 Å². The molecule has 2 fully saturated rings. The average molecular weight is 331 g/mol. The summed E-state index contributed by atoms with van der Waals surface area (Å²) in [7, 11) is 0. The summed E-state index contributed by atoms with van der Waals surface area (Å²) < 4.78 is 0. The fraction of sp³-hybridized carbons (Fsp3) is 0.529. The van der Waals surface area contributed by atoms with Crippen LogP contribution < -0.4 is 11.1 Å². The van der Waals surface area contributed by atoms with Crippen molar-refractivity contribution in [2.45, 2.75) is 31.8 Å². The first kappa shape index (κ1) is 16.6. The molecule has 0 saturated carbocycles. The van der Waals surface area contributed by atoms with Gasteiger partial charge in [-0.25, -0.2) is 19.6 Å². The Balaban J connectivity index is 1.59. The van der Waals surface area contributed by atoms with Crippen LogP contribution in [-0.2, 0) is 6.54 Å². The third kappa shape index (κ3) is 3.79. The molecule has 3 N–H and O–H groups in total. The monoisotopic (exact) mass is 331 g/mol. The van der Waals surface area contributed by atoms with E-state index in [2.05, 4.69) is 22.3 Å². The van der Waals surface area contributed by atoms with Crippen LogP contribution in [0.1, 0.15) is 24.8 Å². The van der Waals surface area contributed by atoms with Crippen molar-refractivity contribution in [3.63, 3.8) is 0 Å². The predicted molar refractivity (Wildman–Crippen MR) is 90.9 cm³/mol. The molecule has 0 aliphatic carbocycles. The Morgan fingerprint density at radius 3 is 2.54 bits per heavy atom. The van der Waals surface area contributed by atoms with E-state index >= 15 is 0 Å². The second kappa shape index (κ2) is 7.53. The van der Waals surface area contributed by atoms with Crippen LogP contribution in [0.3, 0.4) is 0 Å². The lowest BCUT2D eigenvalue weighted by Gasteiger charge is -2.43. The number of hydrazine groups is 1. The molecule has 7 nitrogen and oxygen atoms in total. The van der Waals surface area contributed by atoms with E-state index in [1.807, 2.05) is 18.2 Å². The van der Waals surface area contributed by atoms with Gasteiger partial charge in [-0.1, -0.05) is 30.3 Å². The number of nitrogens with zero attached hydrogens (tertiary/aromatic N) is 3. The standard InChI is InChI=1S/C17H25N5O2/c18-16(23)22(21-10-4-9-19-17(21)24)15-7-11-20(12-8-15)13-14-5-2-1-3-6-14/h1-3,5-6,15H,4,7-13H2,(H2,18,23)(H,19,24). The number of urea groups is 2. The topological polar surface area (TPSA) is 81.9 Å². The van der Waals surface area contributed by atoms with Gasteiger partial charge in [0.15, 0.2) is 0 Å². The van der Waals surface area contributed by atoms with Gasteiger partial charge in [0.25, 0.3) is 0 Å². The Bertz CT molecular complexity index is 572. The highest BCUT2D eigenvalue weighted by atomic mass is 16.2. The zero-order valence-corrected chi connectivity index (χ0v) is 13.9. The fourth-order valence-electron chi connectivity index (χ4n) is 3.48. The smallest absolute Gasteiger partial charge is 0.336 e. The Kier molecular flexibility index (Phi) is 5.20. The van der Waals surface area contributed by atoms with Crippen molar-refractivity contribution in [1.29, 1.82) is 0 Å². The van der Waals surface area contributed by atoms with Crippen LogP contribution in [0.25, 0.3) is 0 Å². The Hall–Kier alpha value is -2.28. The number of rotatable bonds is 4. The number of piperidine rings is 1. The molecule has 0 atom stereocenters. The molecule has 0 unspecified atom stereocenters. The van der Waals surface area contributed by atoms with Gasteiger partial charge in [0.05, 0.1) is 6.04 Å². The second-order valence-corrected chi connectivity index (χ2v) is 6.38. The first-order valence-corrected chi connectivity index (χ1v) is 8.55. The summed E-state index contributed by atoms with van der Waals surface area (Å²) in [5, 5.41) is 5.72. The second-order valence-electron chi connectivity index (χ2n) is 6.38. The summed E-state index contributed by atoms with van der Waals surface area (Å²) in [6, 6.07) is 9.57. The maximum atomic E-state index is 12.0. The van der Waals surface area contributed by atoms with Gasteiger partial charge in [-0.05, 0) is 24.8 Å². The first-order chi connectivity index (χ1) is 11.6. The van der Waals surface area contributed by atoms with Gasteiger partial charge in [0.2, 0.25) is 0 Å². The molecule has 4 amide bonds. The molecule has 3 rings (SSSR count). The lowest BCUT2D eigenvalue weighted by atomic mass is 10.0. The van der Waals surface area contributed by atoms with Crippen LogP contribution >= 0.6 is 0 Å². The highest BCUT2D eigenvalue weighted by Crippen LogP contribution is 2.21. The summed E-state index contributed by atoms with van der Waals surface area (Å²) in [6.45, 7) is 3.88. The van der Waals surface area contributed by atoms with Crippen molar-refractivity contribution in [2.24, 2.45) is 5.73 Å². The molecule has 2 aliphatic heterocycles. The van der Waals surface area contributed by atoms with Crippen LogP contribution in [0, 0.1) is 0 Å². The zero-order chi connectivity index (χ0) is 16.9. The number of carbonyl (C=O) groups excluding carboxylic acids is 2. The minimum atomic E-state index is -0.548. The number of hydrogen-bond acceptors (Lipinski definition) is 3. The van der Waals surface area contributed by atoms with E-state index in [-0.39, 0.29) is 12.1 Å². The molecule has 2 aliphatic rings. The largest absolute Gasteiger partial charge is 0.350 e. The summed E-state index contributed by atoms with van der Waals surface area (Å²) in [6.07, 6.45) is 2.46. The Labute approximate surface area is 142 Å². The Morgan fingerprint density at radius 2 is 1.92 bits per heavy atom. The highest BCUT2D eigenvalue weighted by molar-refractivity contribution is 5.80. The summed E-state index contributed by atoms with van der Waals surface area (Å²) in [4.78, 5) is 26.3. The maximum Gasteiger partial charge on any atom is 0.336 e. The van der Waals surface area contributed by atoms with Crippen LogP contribution in [0.15, 0.2) is 30.3 Å². The molecule has 0 aromatic heterocycles. The van der Waals surface area contributed by atoms with Crippen molar-refractivity contribution >= 4 is 12.1 Å². The predicted octanol–water partition coefficient (Wildman–Crippen LogP) is 1.36. The van der Waals surface area contributed by atoms with Crippen molar-refractivity contribution < 1.29 is 9.59 Å². The van der Waals surface area contributed by atoms with Crippen molar-refractivity contribution in [3.8, 4) is 0 Å². The van der Waals surface area contributed by atoms with Crippen LogP contribution in [0.4, 0.5) is 9.59 Å². The van der Waals surface area contributed by atoms with Gasteiger partial charge in [-0.15, -0.1) is 0 Å². The SMILES string of the molecule is NC(=O)N(C1CCN(Cc2ccccc2)CC1)N1CCCNC1=O. The highest BCUT2D eigenvalue weighted by Gasteiger charge is 2.34. The van der Waals surface area contributed by atoms with Gasteiger partial charge in [-0.2, -0.15) is 0 Å². The molecular weight excluding hydrogens is 306 g/mol. The number of hydrogen-bond donors (Lipinski definition) is 2. The molecule has 2 saturated heterocycles. The Morgan fingerprint density at radius 1 is 1.21 bits per heavy atom. The van der Waals surface area contributed by atoms with E-state index in [9.17, 15) is 9.59 Å². The quantitative estimate of drug-likeness (QED) is 0.874. The normalized spacial score (nSPS) is 19.8. The van der Waals surface area contributed by atoms with Crippen LogP contribution in [0.5, 0.6) is 0 Å². The van der Waals surface area contributed by atoms with Gasteiger partial charge < -0.3 is 11.1 Å². The zero-order valence-electron chi connectivity index (χ0n) is 13.9. The summed E-state index contributed by atoms with van der Waals surface area (Å²) in [5.41, 5.74) is 6.86. The third-order valence-electron chi connectivity index (χ3n) is 4.70. The molecule has 24 heavy (non-hydrogen) atoms. The molecule has 0 bridgehead atoms. The van der Waals surface area contributed by atoms with Gasteiger partial charge in [0.1, 0.15) is 0 Å². The molecule has 7 heteroatoms. The number of likely N-dealkylation sites (tertiary alicyclic amines) is 1. The minimum absolute atomic E-state index is 0.0154. The number of nitrogens with two attached hydrogens (primary N) is 1. The number of carbonyl (C=O) groups is 2. The molecular formula is C17H25N5O2. The third-order valence-corrected chi connectivity index (χ3v) is 4.70. The molecule has 130 valence electrons. The number of primary amides is 1. The van der Waals surface area contributed by atoms with Gasteiger partial charge in [-0.3, -0.25) is 4.90 Å². The van der Waals surface area contributed by atoms with E-state index in [1.54, 1.807) is 0 Å². The first-order valence-electron chi connectivity index (χ1n) is 8.55. The number of nitrogens with one attached hydrogen (secondary N) is 1. The molecule has 1 aromatic rings. The minimum Gasteiger partial charge on any atom is -0.350 e. The lowest BCUT2D eigenvalue weighted by molar-refractivity contribution is -0.0114. The molecule has 1 aromatic carbocycles. The van der Waals surface area contributed by atoms with Crippen LogP contribution in [0.2, 0.25) is 0 Å². The van der Waals surface area contributed by atoms with E-state index in [0.29, 0.717) is 13.1 Å². The average Bonchev–Trinajstić information content (AvgIpc) is 2.59. The summed E-state index contributed by atoms with van der Waals surface area (Å²) in [5.74, 6) is 0. The van der Waals surface area contributed by atoms with E-state index in [4.69, 9.17) is 5.73 Å². The maximum absolute atomic E-state index is 12.0. The van der Waals surface area contributed by atoms with Crippen molar-refractivity contribution in [3.05, 3.63) is 35.9 Å². The fourth-order valence-corrected chi connectivity index (χ4v) is 3.48. The van der Waals surface area contributed by atoms with Gasteiger partial charge >= 0.3 is 12.1 Å². The number of amides is 4. The summed E-state index contributed by atoms with van der Waals surface area (Å²) >= 11 is 0. The lowest BCUT2D eigenvalue weighted by Crippen LogP contribution is -2.62.